The smallest absolute Gasteiger partial charge is 0.315 e. The van der Waals surface area contributed by atoms with Gasteiger partial charge in [-0.05, 0) is 63.2 Å². The van der Waals surface area contributed by atoms with Crippen LogP contribution in [0.4, 0.5) is 4.79 Å². The maximum atomic E-state index is 12.2. The zero-order valence-corrected chi connectivity index (χ0v) is 14.4. The number of hydrogen-bond donors (Lipinski definition) is 1. The molecule has 0 bridgehead atoms. The van der Waals surface area contributed by atoms with Gasteiger partial charge in [0.1, 0.15) is 0 Å². The van der Waals surface area contributed by atoms with Gasteiger partial charge in [0.05, 0.1) is 0 Å². The van der Waals surface area contributed by atoms with Gasteiger partial charge in [0.2, 0.25) is 5.91 Å². The van der Waals surface area contributed by atoms with Gasteiger partial charge in [0, 0.05) is 31.6 Å². The molecule has 2 saturated carbocycles. The van der Waals surface area contributed by atoms with Crippen LogP contribution in [0.15, 0.2) is 0 Å². The Morgan fingerprint density at radius 2 is 1.52 bits per heavy atom. The van der Waals surface area contributed by atoms with E-state index in [4.69, 9.17) is 5.73 Å². The molecule has 5 heteroatoms. The van der Waals surface area contributed by atoms with Crippen molar-refractivity contribution in [3.05, 3.63) is 0 Å². The van der Waals surface area contributed by atoms with Crippen molar-refractivity contribution in [3.63, 3.8) is 0 Å². The van der Waals surface area contributed by atoms with Gasteiger partial charge in [-0.3, -0.25) is 4.79 Å². The fourth-order valence-electron chi connectivity index (χ4n) is 4.27. The highest BCUT2D eigenvalue weighted by Crippen LogP contribution is 2.34. The SMILES string of the molecule is C[C@H]1CC[C@H](N(C(N)=O)C2CCN(C(=O)CC3CC3)CC2)CC1. The average molecular weight is 321 g/mol. The number of urea groups is 1. The van der Waals surface area contributed by atoms with E-state index in [0.29, 0.717) is 17.9 Å². The summed E-state index contributed by atoms with van der Waals surface area (Å²) in [6.45, 7) is 3.85. The minimum atomic E-state index is -0.271. The molecule has 3 rings (SSSR count). The molecule has 3 fully saturated rings. The topological polar surface area (TPSA) is 66.6 Å². The number of piperidine rings is 1. The van der Waals surface area contributed by atoms with Gasteiger partial charge in [-0.2, -0.15) is 0 Å². The van der Waals surface area contributed by atoms with Crippen molar-refractivity contribution in [1.29, 1.82) is 0 Å². The molecule has 1 aliphatic heterocycles. The zero-order valence-electron chi connectivity index (χ0n) is 14.4. The van der Waals surface area contributed by atoms with E-state index in [1.807, 2.05) is 9.80 Å². The maximum Gasteiger partial charge on any atom is 0.315 e. The van der Waals surface area contributed by atoms with Gasteiger partial charge in [0.15, 0.2) is 0 Å². The number of primary amides is 1. The van der Waals surface area contributed by atoms with Gasteiger partial charge in [-0.25, -0.2) is 4.79 Å². The van der Waals surface area contributed by atoms with Gasteiger partial charge < -0.3 is 15.5 Å². The number of hydrogen-bond acceptors (Lipinski definition) is 2. The van der Waals surface area contributed by atoms with E-state index >= 15 is 0 Å². The Bertz CT molecular complexity index is 434. The largest absolute Gasteiger partial charge is 0.351 e. The predicted molar refractivity (Wildman–Crippen MR) is 89.8 cm³/mol. The van der Waals surface area contributed by atoms with Crippen LogP contribution in [0, 0.1) is 11.8 Å². The van der Waals surface area contributed by atoms with Crippen LogP contribution in [-0.2, 0) is 4.79 Å². The molecule has 3 aliphatic rings. The lowest BCUT2D eigenvalue weighted by molar-refractivity contribution is -0.133. The van der Waals surface area contributed by atoms with E-state index < -0.39 is 0 Å². The first-order valence-corrected chi connectivity index (χ1v) is 9.40. The lowest BCUT2D eigenvalue weighted by atomic mass is 9.85. The Morgan fingerprint density at radius 3 is 2.04 bits per heavy atom. The Hall–Kier alpha value is -1.26. The van der Waals surface area contributed by atoms with Crippen LogP contribution in [0.3, 0.4) is 0 Å². The predicted octanol–water partition coefficient (Wildman–Crippen LogP) is 2.74. The van der Waals surface area contributed by atoms with Crippen LogP contribution < -0.4 is 5.73 Å². The molecule has 2 aliphatic carbocycles. The molecule has 0 unspecified atom stereocenters. The average Bonchev–Trinajstić information content (AvgIpc) is 3.34. The summed E-state index contributed by atoms with van der Waals surface area (Å²) >= 11 is 0. The van der Waals surface area contributed by atoms with Crippen LogP contribution in [-0.4, -0.2) is 46.9 Å². The molecule has 0 aromatic carbocycles. The molecule has 3 amide bonds. The Balaban J connectivity index is 1.53. The summed E-state index contributed by atoms with van der Waals surface area (Å²) in [5.74, 6) is 1.72. The van der Waals surface area contributed by atoms with E-state index in [1.54, 1.807) is 0 Å². The summed E-state index contributed by atoms with van der Waals surface area (Å²) in [4.78, 5) is 28.2. The van der Waals surface area contributed by atoms with Gasteiger partial charge in [-0.1, -0.05) is 6.92 Å². The molecule has 0 spiro atoms. The molecule has 1 saturated heterocycles. The second-order valence-corrected chi connectivity index (χ2v) is 7.92. The highest BCUT2D eigenvalue weighted by atomic mass is 16.2. The third-order valence-corrected chi connectivity index (χ3v) is 6.00. The molecule has 1 heterocycles. The lowest BCUT2D eigenvalue weighted by Crippen LogP contribution is -2.54. The summed E-state index contributed by atoms with van der Waals surface area (Å²) in [6, 6.07) is 0.255. The second-order valence-electron chi connectivity index (χ2n) is 7.92. The van der Waals surface area contributed by atoms with Crippen LogP contribution in [0.1, 0.15) is 64.7 Å². The summed E-state index contributed by atoms with van der Waals surface area (Å²) in [5, 5.41) is 0. The van der Waals surface area contributed by atoms with E-state index in [0.717, 1.165) is 51.1 Å². The number of carbonyl (C=O) groups is 2. The van der Waals surface area contributed by atoms with E-state index in [9.17, 15) is 9.59 Å². The zero-order chi connectivity index (χ0) is 16.4. The molecule has 0 aromatic rings. The van der Waals surface area contributed by atoms with Crippen molar-refractivity contribution in [3.8, 4) is 0 Å². The Morgan fingerprint density at radius 1 is 0.957 bits per heavy atom. The molecular weight excluding hydrogens is 290 g/mol. The molecule has 0 aromatic heterocycles. The first-order valence-electron chi connectivity index (χ1n) is 9.40. The molecule has 23 heavy (non-hydrogen) atoms. The van der Waals surface area contributed by atoms with E-state index in [1.165, 1.54) is 25.7 Å². The van der Waals surface area contributed by atoms with E-state index in [-0.39, 0.29) is 12.1 Å². The summed E-state index contributed by atoms with van der Waals surface area (Å²) < 4.78 is 0. The highest BCUT2D eigenvalue weighted by molar-refractivity contribution is 5.77. The molecule has 5 nitrogen and oxygen atoms in total. The standard InChI is InChI=1S/C18H31N3O2/c1-13-2-6-15(7-3-13)21(18(19)23)16-8-10-20(11-9-16)17(22)12-14-4-5-14/h13-16H,2-12H2,1H3,(H2,19,23)/t13-,15-. The Labute approximate surface area is 139 Å². The van der Waals surface area contributed by atoms with Gasteiger partial charge >= 0.3 is 6.03 Å². The number of amides is 3. The summed E-state index contributed by atoms with van der Waals surface area (Å²) in [7, 11) is 0. The van der Waals surface area contributed by atoms with Crippen molar-refractivity contribution < 1.29 is 9.59 Å². The maximum absolute atomic E-state index is 12.2. The quantitative estimate of drug-likeness (QED) is 0.865. The molecular formula is C18H31N3O2. The summed E-state index contributed by atoms with van der Waals surface area (Å²) in [5.41, 5.74) is 5.71. The van der Waals surface area contributed by atoms with Crippen molar-refractivity contribution in [2.75, 3.05) is 13.1 Å². The number of likely N-dealkylation sites (tertiary alicyclic amines) is 1. The summed E-state index contributed by atoms with van der Waals surface area (Å²) in [6.07, 6.45) is 9.45. The molecule has 0 atom stereocenters. The monoisotopic (exact) mass is 321 g/mol. The number of nitrogens with zero attached hydrogens (tertiary/aromatic N) is 2. The molecule has 2 N–H and O–H groups in total. The molecule has 0 radical (unpaired) electrons. The molecule has 130 valence electrons. The van der Waals surface area contributed by atoms with Crippen molar-refractivity contribution in [2.45, 2.75) is 76.8 Å². The van der Waals surface area contributed by atoms with Crippen LogP contribution in [0.2, 0.25) is 0 Å². The van der Waals surface area contributed by atoms with Crippen molar-refractivity contribution in [2.24, 2.45) is 17.6 Å². The lowest BCUT2D eigenvalue weighted by Gasteiger charge is -2.43. The third-order valence-electron chi connectivity index (χ3n) is 6.00. The van der Waals surface area contributed by atoms with Crippen molar-refractivity contribution >= 4 is 11.9 Å². The first-order chi connectivity index (χ1) is 11.0. The minimum Gasteiger partial charge on any atom is -0.351 e. The third kappa shape index (κ3) is 4.18. The Kier molecular flexibility index (Phi) is 5.12. The highest BCUT2D eigenvalue weighted by Gasteiger charge is 2.35. The normalized spacial score (nSPS) is 29.3. The van der Waals surface area contributed by atoms with Crippen LogP contribution in [0.5, 0.6) is 0 Å². The van der Waals surface area contributed by atoms with E-state index in [2.05, 4.69) is 6.92 Å². The second kappa shape index (κ2) is 7.10. The van der Waals surface area contributed by atoms with Crippen LogP contribution in [0.25, 0.3) is 0 Å². The van der Waals surface area contributed by atoms with Gasteiger partial charge in [0.25, 0.3) is 0 Å². The first kappa shape index (κ1) is 16.6. The number of carbonyl (C=O) groups excluding carboxylic acids is 2. The number of rotatable bonds is 4. The van der Waals surface area contributed by atoms with Crippen LogP contribution >= 0.6 is 0 Å². The van der Waals surface area contributed by atoms with Crippen molar-refractivity contribution in [1.82, 2.24) is 9.80 Å². The number of nitrogens with two attached hydrogens (primary N) is 1. The fourth-order valence-corrected chi connectivity index (χ4v) is 4.27. The minimum absolute atomic E-state index is 0.218. The fraction of sp³-hybridized carbons (Fsp3) is 0.889. The van der Waals surface area contributed by atoms with Gasteiger partial charge in [-0.15, -0.1) is 0 Å².